The van der Waals surface area contributed by atoms with Gasteiger partial charge in [-0.25, -0.2) is 0 Å². The molecule has 0 bridgehead atoms. The number of rotatable bonds is 5. The van der Waals surface area contributed by atoms with E-state index in [0.29, 0.717) is 0 Å². The first-order chi connectivity index (χ1) is 7.13. The predicted molar refractivity (Wildman–Crippen MR) is 61.3 cm³/mol. The Bertz CT molecular complexity index is 336. The van der Waals surface area contributed by atoms with Gasteiger partial charge in [-0.15, -0.1) is 0 Å². The van der Waals surface area contributed by atoms with Crippen LogP contribution in [0.2, 0.25) is 0 Å². The number of carbonyl (C=O) groups is 1. The van der Waals surface area contributed by atoms with E-state index in [2.05, 4.69) is 0 Å². The van der Waals surface area contributed by atoms with Gasteiger partial charge in [0.1, 0.15) is 6.54 Å². The number of aryl methyl sites for hydroxylation is 1. The second-order valence-electron chi connectivity index (χ2n) is 3.65. The molecule has 0 saturated carbocycles. The molecule has 1 aromatic carbocycles. The van der Waals surface area contributed by atoms with Crippen LogP contribution in [0.5, 0.6) is 0 Å². The number of benzene rings is 1. The van der Waals surface area contributed by atoms with Gasteiger partial charge in [0.05, 0.1) is 0 Å². The van der Waals surface area contributed by atoms with Crippen LogP contribution in [0.25, 0.3) is 0 Å². The van der Waals surface area contributed by atoms with Crippen molar-refractivity contribution in [3.63, 3.8) is 0 Å². The van der Waals surface area contributed by atoms with Gasteiger partial charge in [0.15, 0.2) is 0 Å². The van der Waals surface area contributed by atoms with Gasteiger partial charge < -0.3 is 10.0 Å². The Labute approximate surface area is 90.3 Å². The minimum Gasteiger partial charge on any atom is -0.480 e. The van der Waals surface area contributed by atoms with Crippen LogP contribution < -0.4 is 4.90 Å². The molecule has 0 radical (unpaired) electrons. The zero-order valence-electron chi connectivity index (χ0n) is 9.23. The van der Waals surface area contributed by atoms with E-state index in [-0.39, 0.29) is 6.54 Å². The first-order valence-corrected chi connectivity index (χ1v) is 5.17. The van der Waals surface area contributed by atoms with Crippen LogP contribution in [-0.4, -0.2) is 24.2 Å². The lowest BCUT2D eigenvalue weighted by Crippen LogP contribution is -2.30. The molecule has 15 heavy (non-hydrogen) atoms. The maximum absolute atomic E-state index is 10.7. The Morgan fingerprint density at radius 2 is 2.20 bits per heavy atom. The summed E-state index contributed by atoms with van der Waals surface area (Å²) in [7, 11) is 0. The van der Waals surface area contributed by atoms with E-state index in [0.717, 1.165) is 24.2 Å². The van der Waals surface area contributed by atoms with Crippen molar-refractivity contribution >= 4 is 11.7 Å². The van der Waals surface area contributed by atoms with E-state index in [1.54, 1.807) is 0 Å². The van der Waals surface area contributed by atoms with Crippen molar-refractivity contribution in [1.82, 2.24) is 0 Å². The van der Waals surface area contributed by atoms with Gasteiger partial charge in [0.2, 0.25) is 0 Å². The maximum atomic E-state index is 10.7. The first-order valence-electron chi connectivity index (χ1n) is 5.17. The standard InChI is InChI=1S/C12H17NO2/c1-3-7-13(9-12(14)15)11-6-4-5-10(2)8-11/h4-6,8H,3,7,9H2,1-2H3,(H,14,15). The third-order valence-corrected chi connectivity index (χ3v) is 2.19. The monoisotopic (exact) mass is 207 g/mol. The summed E-state index contributed by atoms with van der Waals surface area (Å²) in [6, 6.07) is 7.92. The quantitative estimate of drug-likeness (QED) is 0.805. The largest absolute Gasteiger partial charge is 0.480 e. The van der Waals surface area contributed by atoms with Crippen LogP contribution >= 0.6 is 0 Å². The van der Waals surface area contributed by atoms with Crippen molar-refractivity contribution < 1.29 is 9.90 Å². The Balaban J connectivity index is 2.83. The molecule has 82 valence electrons. The molecule has 0 aliphatic carbocycles. The molecule has 3 heteroatoms. The van der Waals surface area contributed by atoms with E-state index < -0.39 is 5.97 Å². The molecule has 0 saturated heterocycles. The lowest BCUT2D eigenvalue weighted by molar-refractivity contribution is -0.135. The number of hydrogen-bond donors (Lipinski definition) is 1. The van der Waals surface area contributed by atoms with Gasteiger partial charge in [-0.2, -0.15) is 0 Å². The highest BCUT2D eigenvalue weighted by Gasteiger charge is 2.09. The summed E-state index contributed by atoms with van der Waals surface area (Å²) in [5.41, 5.74) is 2.14. The molecular formula is C12H17NO2. The zero-order chi connectivity index (χ0) is 11.3. The van der Waals surface area contributed by atoms with Crippen molar-refractivity contribution in [2.75, 3.05) is 18.0 Å². The predicted octanol–water partition coefficient (Wildman–Crippen LogP) is 2.30. The average molecular weight is 207 g/mol. The van der Waals surface area contributed by atoms with Gasteiger partial charge in [0, 0.05) is 12.2 Å². The molecule has 0 heterocycles. The normalized spacial score (nSPS) is 10.0. The number of hydrogen-bond acceptors (Lipinski definition) is 2. The van der Waals surface area contributed by atoms with Crippen LogP contribution in [0.3, 0.4) is 0 Å². The molecule has 0 unspecified atom stereocenters. The average Bonchev–Trinajstić information content (AvgIpc) is 2.16. The van der Waals surface area contributed by atoms with Crippen molar-refractivity contribution in [2.45, 2.75) is 20.3 Å². The number of nitrogens with zero attached hydrogens (tertiary/aromatic N) is 1. The van der Waals surface area contributed by atoms with Crippen LogP contribution in [0.4, 0.5) is 5.69 Å². The summed E-state index contributed by atoms with van der Waals surface area (Å²) >= 11 is 0. The summed E-state index contributed by atoms with van der Waals surface area (Å²) in [6.45, 7) is 4.89. The lowest BCUT2D eigenvalue weighted by atomic mass is 10.2. The second-order valence-corrected chi connectivity index (χ2v) is 3.65. The molecule has 1 N–H and O–H groups in total. The van der Waals surface area contributed by atoms with E-state index in [1.807, 2.05) is 43.0 Å². The third kappa shape index (κ3) is 3.62. The maximum Gasteiger partial charge on any atom is 0.323 e. The van der Waals surface area contributed by atoms with Gasteiger partial charge in [-0.05, 0) is 31.0 Å². The number of carboxylic acid groups (broad SMARTS) is 1. The summed E-state index contributed by atoms with van der Waals surface area (Å²) in [5, 5.41) is 8.80. The molecule has 0 amide bonds. The molecule has 0 fully saturated rings. The van der Waals surface area contributed by atoms with Gasteiger partial charge in [-0.1, -0.05) is 19.1 Å². The van der Waals surface area contributed by atoms with Gasteiger partial charge in [0.25, 0.3) is 0 Å². The van der Waals surface area contributed by atoms with Crippen molar-refractivity contribution in [3.8, 4) is 0 Å². The zero-order valence-corrected chi connectivity index (χ0v) is 9.23. The Hall–Kier alpha value is -1.51. The van der Waals surface area contributed by atoms with E-state index in [9.17, 15) is 4.79 Å². The number of carboxylic acids is 1. The fourth-order valence-corrected chi connectivity index (χ4v) is 1.56. The Kier molecular flexibility index (Phi) is 4.16. The molecule has 0 spiro atoms. The minimum absolute atomic E-state index is 0.0668. The highest BCUT2D eigenvalue weighted by Crippen LogP contribution is 2.15. The summed E-state index contributed by atoms with van der Waals surface area (Å²) < 4.78 is 0. The summed E-state index contributed by atoms with van der Waals surface area (Å²) in [5.74, 6) is -0.787. The molecular weight excluding hydrogens is 190 g/mol. The molecule has 0 atom stereocenters. The third-order valence-electron chi connectivity index (χ3n) is 2.19. The molecule has 1 aromatic rings. The van der Waals surface area contributed by atoms with E-state index in [4.69, 9.17) is 5.11 Å². The molecule has 1 rings (SSSR count). The highest BCUT2D eigenvalue weighted by molar-refractivity contribution is 5.73. The molecule has 0 aromatic heterocycles. The Morgan fingerprint density at radius 3 is 2.73 bits per heavy atom. The minimum atomic E-state index is -0.787. The first kappa shape index (κ1) is 11.6. The van der Waals surface area contributed by atoms with Crippen molar-refractivity contribution in [2.24, 2.45) is 0 Å². The van der Waals surface area contributed by atoms with Gasteiger partial charge >= 0.3 is 5.97 Å². The molecule has 0 aliphatic heterocycles. The van der Waals surface area contributed by atoms with Crippen LogP contribution in [0, 0.1) is 6.92 Å². The Morgan fingerprint density at radius 1 is 1.47 bits per heavy atom. The van der Waals surface area contributed by atoms with Crippen LogP contribution in [0.1, 0.15) is 18.9 Å². The number of anilines is 1. The fraction of sp³-hybridized carbons (Fsp3) is 0.417. The molecule has 3 nitrogen and oxygen atoms in total. The lowest BCUT2D eigenvalue weighted by Gasteiger charge is -2.22. The number of aliphatic carboxylic acids is 1. The van der Waals surface area contributed by atoms with Crippen molar-refractivity contribution in [1.29, 1.82) is 0 Å². The smallest absolute Gasteiger partial charge is 0.323 e. The van der Waals surface area contributed by atoms with E-state index in [1.165, 1.54) is 0 Å². The van der Waals surface area contributed by atoms with E-state index >= 15 is 0 Å². The highest BCUT2D eigenvalue weighted by atomic mass is 16.4. The van der Waals surface area contributed by atoms with Gasteiger partial charge in [-0.3, -0.25) is 4.79 Å². The SMILES string of the molecule is CCCN(CC(=O)O)c1cccc(C)c1. The van der Waals surface area contributed by atoms with Crippen molar-refractivity contribution in [3.05, 3.63) is 29.8 Å². The van der Waals surface area contributed by atoms with Crippen LogP contribution in [-0.2, 0) is 4.79 Å². The summed E-state index contributed by atoms with van der Waals surface area (Å²) in [6.07, 6.45) is 0.946. The second kappa shape index (κ2) is 5.39. The molecule has 0 aliphatic rings. The topological polar surface area (TPSA) is 40.5 Å². The summed E-state index contributed by atoms with van der Waals surface area (Å²) in [4.78, 5) is 12.6. The fourth-order valence-electron chi connectivity index (χ4n) is 1.56. The van der Waals surface area contributed by atoms with Crippen LogP contribution in [0.15, 0.2) is 24.3 Å².